The van der Waals surface area contributed by atoms with Gasteiger partial charge in [0.15, 0.2) is 5.76 Å². The van der Waals surface area contributed by atoms with E-state index >= 15 is 0 Å². The molecule has 1 N–H and O–H groups in total. The number of benzene rings is 2. The number of carbonyl (C=O) groups excluding carboxylic acids is 1. The Hall–Kier alpha value is -3.80. The molecule has 0 unspecified atom stereocenters. The van der Waals surface area contributed by atoms with Crippen molar-refractivity contribution in [1.29, 1.82) is 0 Å². The van der Waals surface area contributed by atoms with Gasteiger partial charge in [-0.1, -0.05) is 36.4 Å². The van der Waals surface area contributed by atoms with Gasteiger partial charge in [0.25, 0.3) is 5.91 Å². The quantitative estimate of drug-likeness (QED) is 0.438. The third kappa shape index (κ3) is 4.44. The molecule has 2 aromatic heterocycles. The van der Waals surface area contributed by atoms with E-state index in [0.717, 1.165) is 39.5 Å². The highest BCUT2D eigenvalue weighted by Crippen LogP contribution is 2.24. The molecule has 4 rings (SSSR count). The number of nitrogens with one attached hydrogen (secondary N) is 1. The molecular weight excluding hydrogens is 402 g/mol. The third-order valence-corrected chi connectivity index (χ3v) is 5.52. The monoisotopic (exact) mass is 429 g/mol. The number of hydrogen-bond acceptors (Lipinski definition) is 4. The molecule has 164 valence electrons. The van der Waals surface area contributed by atoms with Gasteiger partial charge in [0.05, 0.1) is 11.4 Å². The van der Waals surface area contributed by atoms with E-state index in [1.54, 1.807) is 12.1 Å². The van der Waals surface area contributed by atoms with Crippen LogP contribution in [0, 0.1) is 27.7 Å². The largest absolute Gasteiger partial charge is 0.485 e. The molecule has 6 heteroatoms. The van der Waals surface area contributed by atoms with Crippen molar-refractivity contribution in [3.05, 3.63) is 100 Å². The maximum absolute atomic E-state index is 12.6. The molecule has 0 aliphatic carbocycles. The number of amides is 1. The van der Waals surface area contributed by atoms with Gasteiger partial charge < -0.3 is 14.5 Å². The van der Waals surface area contributed by atoms with Crippen molar-refractivity contribution in [1.82, 2.24) is 15.1 Å². The summed E-state index contributed by atoms with van der Waals surface area (Å²) in [6, 6.07) is 19.4. The molecule has 0 bridgehead atoms. The maximum Gasteiger partial charge on any atom is 0.287 e. The Morgan fingerprint density at radius 1 is 0.969 bits per heavy atom. The molecule has 0 aliphatic heterocycles. The average molecular weight is 430 g/mol. The van der Waals surface area contributed by atoms with Crippen molar-refractivity contribution in [2.75, 3.05) is 0 Å². The Kier molecular flexibility index (Phi) is 6.12. The van der Waals surface area contributed by atoms with Crippen LogP contribution in [0.15, 0.2) is 65.1 Å². The highest BCUT2D eigenvalue weighted by molar-refractivity contribution is 5.91. The van der Waals surface area contributed by atoms with Crippen LogP contribution in [0.25, 0.3) is 5.69 Å². The van der Waals surface area contributed by atoms with Crippen LogP contribution >= 0.6 is 0 Å². The predicted molar refractivity (Wildman–Crippen MR) is 123 cm³/mol. The zero-order chi connectivity index (χ0) is 22.7. The lowest BCUT2D eigenvalue weighted by molar-refractivity contribution is 0.0919. The Balaban J connectivity index is 1.39. The lowest BCUT2D eigenvalue weighted by Gasteiger charge is -2.10. The van der Waals surface area contributed by atoms with Crippen molar-refractivity contribution in [2.24, 2.45) is 0 Å². The summed E-state index contributed by atoms with van der Waals surface area (Å²) >= 11 is 0. The molecule has 2 heterocycles. The summed E-state index contributed by atoms with van der Waals surface area (Å²) in [4.78, 5) is 12.6. The first-order valence-corrected chi connectivity index (χ1v) is 10.6. The zero-order valence-corrected chi connectivity index (χ0v) is 18.8. The maximum atomic E-state index is 12.6. The van der Waals surface area contributed by atoms with E-state index in [1.165, 1.54) is 0 Å². The summed E-state index contributed by atoms with van der Waals surface area (Å²) in [6.07, 6.45) is 0. The fourth-order valence-electron chi connectivity index (χ4n) is 3.75. The molecule has 0 aliphatic rings. The Morgan fingerprint density at radius 2 is 1.69 bits per heavy atom. The molecule has 0 fully saturated rings. The number of aryl methyl sites for hydroxylation is 3. The van der Waals surface area contributed by atoms with Crippen LogP contribution in [0.1, 0.15) is 44.4 Å². The first-order chi connectivity index (χ1) is 15.4. The van der Waals surface area contributed by atoms with Crippen LogP contribution in [0.5, 0.6) is 5.75 Å². The summed E-state index contributed by atoms with van der Waals surface area (Å²) in [7, 11) is 0. The highest BCUT2D eigenvalue weighted by Gasteiger charge is 2.16. The van der Waals surface area contributed by atoms with Crippen LogP contribution in [0.3, 0.4) is 0 Å². The van der Waals surface area contributed by atoms with Crippen molar-refractivity contribution < 1.29 is 13.9 Å². The van der Waals surface area contributed by atoms with Crippen LogP contribution in [-0.2, 0) is 13.2 Å². The second kappa shape index (κ2) is 9.14. The summed E-state index contributed by atoms with van der Waals surface area (Å²) in [6.45, 7) is 8.61. The summed E-state index contributed by atoms with van der Waals surface area (Å²) in [5, 5.41) is 7.57. The van der Waals surface area contributed by atoms with Gasteiger partial charge in [-0.25, -0.2) is 4.68 Å². The topological polar surface area (TPSA) is 69.3 Å². The molecule has 0 atom stereocenters. The number of furan rings is 1. The van der Waals surface area contributed by atoms with Crippen LogP contribution in [0.4, 0.5) is 0 Å². The molecule has 0 saturated heterocycles. The minimum absolute atomic E-state index is 0.260. The first-order valence-electron chi connectivity index (χ1n) is 10.6. The standard InChI is InChI=1S/C26H27N3O3/c1-17-9-8-10-18(2)25(17)31-16-22-13-14-24(32-22)26(30)27-15-23-19(3)28-29(20(23)4)21-11-6-5-7-12-21/h5-14H,15-16H2,1-4H3,(H,27,30). The smallest absolute Gasteiger partial charge is 0.287 e. The Labute approximate surface area is 187 Å². The average Bonchev–Trinajstić information content (AvgIpc) is 3.37. The third-order valence-electron chi connectivity index (χ3n) is 5.52. The molecule has 32 heavy (non-hydrogen) atoms. The van der Waals surface area contributed by atoms with Gasteiger partial charge in [-0.15, -0.1) is 0 Å². The van der Waals surface area contributed by atoms with E-state index < -0.39 is 0 Å². The van der Waals surface area contributed by atoms with E-state index in [4.69, 9.17) is 9.15 Å². The molecule has 4 aromatic rings. The molecule has 1 amide bonds. The normalized spacial score (nSPS) is 10.9. The van der Waals surface area contributed by atoms with Gasteiger partial charge in [0.1, 0.15) is 18.1 Å². The number of hydrogen-bond donors (Lipinski definition) is 1. The molecule has 0 saturated carbocycles. The second-order valence-corrected chi connectivity index (χ2v) is 7.85. The van der Waals surface area contributed by atoms with E-state index in [2.05, 4.69) is 10.4 Å². The lowest BCUT2D eigenvalue weighted by Crippen LogP contribution is -2.23. The SMILES string of the molecule is Cc1cccc(C)c1OCc1ccc(C(=O)NCc2c(C)nn(-c3ccccc3)c2C)o1. The highest BCUT2D eigenvalue weighted by atomic mass is 16.5. The molecular formula is C26H27N3O3. The number of para-hydroxylation sites is 2. The van der Waals surface area contributed by atoms with Crippen molar-refractivity contribution in [3.63, 3.8) is 0 Å². The van der Waals surface area contributed by atoms with Crippen LogP contribution < -0.4 is 10.1 Å². The zero-order valence-electron chi connectivity index (χ0n) is 18.8. The number of rotatable bonds is 7. The Bertz CT molecular complexity index is 1220. The van der Waals surface area contributed by atoms with Crippen LogP contribution in [-0.4, -0.2) is 15.7 Å². The molecule has 0 radical (unpaired) electrons. The summed E-state index contributed by atoms with van der Waals surface area (Å²) in [5.74, 6) is 1.43. The predicted octanol–water partition coefficient (Wildman–Crippen LogP) is 5.21. The minimum Gasteiger partial charge on any atom is -0.485 e. The summed E-state index contributed by atoms with van der Waals surface area (Å²) in [5.41, 5.74) is 6.00. The van der Waals surface area contributed by atoms with Gasteiger partial charge in [-0.3, -0.25) is 4.79 Å². The number of carbonyl (C=O) groups is 1. The molecule has 6 nitrogen and oxygen atoms in total. The van der Waals surface area contributed by atoms with Crippen LogP contribution in [0.2, 0.25) is 0 Å². The minimum atomic E-state index is -0.269. The molecule has 0 spiro atoms. The van der Waals surface area contributed by atoms with E-state index in [9.17, 15) is 4.79 Å². The number of nitrogens with zero attached hydrogens (tertiary/aromatic N) is 2. The number of aromatic nitrogens is 2. The first kappa shape index (κ1) is 21.4. The number of ether oxygens (including phenoxy) is 1. The van der Waals surface area contributed by atoms with Gasteiger partial charge >= 0.3 is 0 Å². The fourth-order valence-corrected chi connectivity index (χ4v) is 3.75. The molecule has 2 aromatic carbocycles. The van der Waals surface area contributed by atoms with Gasteiger partial charge in [-0.2, -0.15) is 5.10 Å². The van der Waals surface area contributed by atoms with Gasteiger partial charge in [-0.05, 0) is 63.1 Å². The van der Waals surface area contributed by atoms with Crippen molar-refractivity contribution in [2.45, 2.75) is 40.8 Å². The van der Waals surface area contributed by atoms with Crippen molar-refractivity contribution in [3.8, 4) is 11.4 Å². The fraction of sp³-hybridized carbons (Fsp3) is 0.231. The van der Waals surface area contributed by atoms with Gasteiger partial charge in [0, 0.05) is 17.8 Å². The lowest BCUT2D eigenvalue weighted by atomic mass is 10.1. The Morgan fingerprint density at radius 3 is 2.41 bits per heavy atom. The summed E-state index contributed by atoms with van der Waals surface area (Å²) < 4.78 is 13.5. The second-order valence-electron chi connectivity index (χ2n) is 7.85. The van der Waals surface area contributed by atoms with E-state index in [0.29, 0.717) is 12.3 Å². The van der Waals surface area contributed by atoms with E-state index in [-0.39, 0.29) is 18.3 Å². The van der Waals surface area contributed by atoms with Crippen molar-refractivity contribution >= 4 is 5.91 Å². The van der Waals surface area contributed by atoms with Gasteiger partial charge in [0.2, 0.25) is 0 Å². The van der Waals surface area contributed by atoms with E-state index in [1.807, 2.05) is 80.9 Å².